The van der Waals surface area contributed by atoms with Crippen LogP contribution in [0.1, 0.15) is 30.8 Å². The Morgan fingerprint density at radius 3 is 2.78 bits per heavy atom. The number of halogens is 1. The molecule has 1 N–H and O–H groups in total. The van der Waals surface area contributed by atoms with Gasteiger partial charge in [0.15, 0.2) is 0 Å². The van der Waals surface area contributed by atoms with Crippen molar-refractivity contribution in [3.8, 4) is 0 Å². The maximum Gasteiger partial charge on any atom is 0.141 e. The van der Waals surface area contributed by atoms with Crippen LogP contribution in [0.2, 0.25) is 0 Å². The van der Waals surface area contributed by atoms with E-state index >= 15 is 0 Å². The number of nitrogens with one attached hydrogen (secondary N) is 1. The summed E-state index contributed by atoms with van der Waals surface area (Å²) in [7, 11) is 0. The minimum absolute atomic E-state index is 0.0977. The average molecular weight is 246 g/mol. The molecule has 1 unspecified atom stereocenters. The van der Waals surface area contributed by atoms with E-state index in [9.17, 15) is 4.39 Å². The van der Waals surface area contributed by atoms with Crippen LogP contribution in [0, 0.1) is 5.82 Å². The maximum absolute atomic E-state index is 12.8. The van der Waals surface area contributed by atoms with Gasteiger partial charge >= 0.3 is 0 Å². The Morgan fingerprint density at radius 2 is 2.17 bits per heavy atom. The van der Waals surface area contributed by atoms with Gasteiger partial charge in [-0.1, -0.05) is 6.92 Å². The Hall–Kier alpha value is -1.88. The van der Waals surface area contributed by atoms with Crippen molar-refractivity contribution in [3.05, 3.63) is 54.1 Å². The van der Waals surface area contributed by atoms with Crippen molar-refractivity contribution >= 4 is 0 Å². The molecule has 94 valence electrons. The van der Waals surface area contributed by atoms with Crippen molar-refractivity contribution < 1.29 is 4.39 Å². The molecule has 5 heteroatoms. The standard InChI is InChI=1S/C13H15FN4/c1-2-12(13-4-3-10(14)7-16-13)17-8-11-5-6-15-9-18-11/h3-7,9,12,17H,2,8H2,1H3. The molecule has 2 rings (SSSR count). The normalized spacial score (nSPS) is 12.3. The van der Waals surface area contributed by atoms with Crippen LogP contribution < -0.4 is 5.32 Å². The molecule has 0 saturated carbocycles. The average Bonchev–Trinajstić information content (AvgIpc) is 2.42. The van der Waals surface area contributed by atoms with E-state index in [2.05, 4.69) is 27.2 Å². The SMILES string of the molecule is CCC(NCc1ccncn1)c1ccc(F)cn1. The molecule has 4 nitrogen and oxygen atoms in total. The summed E-state index contributed by atoms with van der Waals surface area (Å²) in [6.07, 6.45) is 5.35. The fourth-order valence-corrected chi connectivity index (χ4v) is 1.70. The largest absolute Gasteiger partial charge is 0.303 e. The van der Waals surface area contributed by atoms with Gasteiger partial charge in [-0.3, -0.25) is 4.98 Å². The summed E-state index contributed by atoms with van der Waals surface area (Å²) < 4.78 is 12.8. The summed E-state index contributed by atoms with van der Waals surface area (Å²) in [5, 5.41) is 3.35. The first-order valence-corrected chi connectivity index (χ1v) is 5.89. The van der Waals surface area contributed by atoms with Gasteiger partial charge in [-0.2, -0.15) is 0 Å². The lowest BCUT2D eigenvalue weighted by Gasteiger charge is -2.15. The Labute approximate surface area is 105 Å². The van der Waals surface area contributed by atoms with Crippen molar-refractivity contribution in [2.45, 2.75) is 25.9 Å². The highest BCUT2D eigenvalue weighted by molar-refractivity contribution is 5.10. The lowest BCUT2D eigenvalue weighted by molar-refractivity contribution is 0.499. The first-order chi connectivity index (χ1) is 8.79. The van der Waals surface area contributed by atoms with Crippen LogP contribution in [0.3, 0.4) is 0 Å². The van der Waals surface area contributed by atoms with Crippen molar-refractivity contribution in [2.75, 3.05) is 0 Å². The summed E-state index contributed by atoms with van der Waals surface area (Å²) in [6.45, 7) is 2.70. The van der Waals surface area contributed by atoms with Crippen LogP contribution in [-0.4, -0.2) is 15.0 Å². The molecule has 0 aliphatic heterocycles. The van der Waals surface area contributed by atoms with Gasteiger partial charge in [0.05, 0.1) is 17.6 Å². The molecule has 0 spiro atoms. The molecule has 0 aliphatic rings. The fraction of sp³-hybridized carbons (Fsp3) is 0.308. The number of hydrogen-bond acceptors (Lipinski definition) is 4. The quantitative estimate of drug-likeness (QED) is 0.879. The third-order valence-electron chi connectivity index (χ3n) is 2.69. The molecule has 1 atom stereocenters. The predicted molar refractivity (Wildman–Crippen MR) is 66.1 cm³/mol. The van der Waals surface area contributed by atoms with E-state index in [0.29, 0.717) is 6.54 Å². The van der Waals surface area contributed by atoms with Gasteiger partial charge in [0.2, 0.25) is 0 Å². The zero-order valence-electron chi connectivity index (χ0n) is 10.2. The highest BCUT2D eigenvalue weighted by Gasteiger charge is 2.10. The number of aromatic nitrogens is 3. The minimum Gasteiger partial charge on any atom is -0.303 e. The van der Waals surface area contributed by atoms with E-state index < -0.39 is 0 Å². The molecule has 0 aromatic carbocycles. The van der Waals surface area contributed by atoms with Crippen molar-refractivity contribution in [2.24, 2.45) is 0 Å². The second-order valence-electron chi connectivity index (χ2n) is 3.94. The van der Waals surface area contributed by atoms with Gasteiger partial charge in [0.1, 0.15) is 12.1 Å². The Balaban J connectivity index is 1.99. The van der Waals surface area contributed by atoms with E-state index in [1.165, 1.54) is 18.6 Å². The summed E-state index contributed by atoms with van der Waals surface area (Å²) >= 11 is 0. The number of rotatable bonds is 5. The van der Waals surface area contributed by atoms with Crippen molar-refractivity contribution in [1.29, 1.82) is 0 Å². The van der Waals surface area contributed by atoms with Crippen LogP contribution in [0.25, 0.3) is 0 Å². The van der Waals surface area contributed by atoms with E-state index in [-0.39, 0.29) is 11.9 Å². The van der Waals surface area contributed by atoms with Gasteiger partial charge in [-0.05, 0) is 24.6 Å². The number of nitrogens with zero attached hydrogens (tertiary/aromatic N) is 3. The summed E-state index contributed by atoms with van der Waals surface area (Å²) in [4.78, 5) is 12.1. The fourth-order valence-electron chi connectivity index (χ4n) is 1.70. The first kappa shape index (κ1) is 12.6. The summed E-state index contributed by atoms with van der Waals surface area (Å²) in [6, 6.07) is 5.09. The molecule has 0 saturated heterocycles. The van der Waals surface area contributed by atoms with Gasteiger partial charge in [0, 0.05) is 18.8 Å². The number of pyridine rings is 1. The second kappa shape index (κ2) is 6.16. The van der Waals surface area contributed by atoms with Crippen LogP contribution in [0.4, 0.5) is 4.39 Å². The van der Waals surface area contributed by atoms with Crippen molar-refractivity contribution in [3.63, 3.8) is 0 Å². The molecular formula is C13H15FN4. The van der Waals surface area contributed by atoms with Crippen molar-refractivity contribution in [1.82, 2.24) is 20.3 Å². The van der Waals surface area contributed by atoms with E-state index in [1.807, 2.05) is 6.07 Å². The predicted octanol–water partition coefficient (Wildman–Crippen LogP) is 2.25. The van der Waals surface area contributed by atoms with Crippen LogP contribution in [0.5, 0.6) is 0 Å². The van der Waals surface area contributed by atoms with E-state index in [1.54, 1.807) is 12.3 Å². The maximum atomic E-state index is 12.8. The molecular weight excluding hydrogens is 231 g/mol. The zero-order chi connectivity index (χ0) is 12.8. The first-order valence-electron chi connectivity index (χ1n) is 5.89. The molecule has 0 fully saturated rings. The molecule has 0 amide bonds. The Kier molecular flexibility index (Phi) is 4.30. The number of hydrogen-bond donors (Lipinski definition) is 1. The topological polar surface area (TPSA) is 50.7 Å². The van der Waals surface area contributed by atoms with Crippen LogP contribution in [0.15, 0.2) is 36.9 Å². The van der Waals surface area contributed by atoms with Crippen LogP contribution in [-0.2, 0) is 6.54 Å². The van der Waals surface area contributed by atoms with Gasteiger partial charge in [0.25, 0.3) is 0 Å². The lowest BCUT2D eigenvalue weighted by Crippen LogP contribution is -2.21. The molecule has 0 bridgehead atoms. The van der Waals surface area contributed by atoms with Crippen LogP contribution >= 0.6 is 0 Å². The molecule has 18 heavy (non-hydrogen) atoms. The summed E-state index contributed by atoms with van der Waals surface area (Å²) in [5.41, 5.74) is 1.76. The van der Waals surface area contributed by atoms with Gasteiger partial charge < -0.3 is 5.32 Å². The van der Waals surface area contributed by atoms with Gasteiger partial charge in [-0.15, -0.1) is 0 Å². The van der Waals surface area contributed by atoms with Gasteiger partial charge in [-0.25, -0.2) is 14.4 Å². The molecule has 2 heterocycles. The van der Waals surface area contributed by atoms with E-state index in [0.717, 1.165) is 17.8 Å². The monoisotopic (exact) mass is 246 g/mol. The molecule has 2 aromatic rings. The second-order valence-corrected chi connectivity index (χ2v) is 3.94. The molecule has 2 aromatic heterocycles. The third-order valence-corrected chi connectivity index (χ3v) is 2.69. The highest BCUT2D eigenvalue weighted by atomic mass is 19.1. The summed E-state index contributed by atoms with van der Waals surface area (Å²) in [5.74, 6) is -0.315. The Morgan fingerprint density at radius 1 is 1.28 bits per heavy atom. The molecule has 0 radical (unpaired) electrons. The Bertz CT molecular complexity index is 472. The van der Waals surface area contributed by atoms with E-state index in [4.69, 9.17) is 0 Å². The highest BCUT2D eigenvalue weighted by Crippen LogP contribution is 2.14. The third kappa shape index (κ3) is 3.30. The smallest absolute Gasteiger partial charge is 0.141 e. The zero-order valence-corrected chi connectivity index (χ0v) is 10.2. The molecule has 0 aliphatic carbocycles. The lowest BCUT2D eigenvalue weighted by atomic mass is 10.1. The minimum atomic E-state index is -0.315.